The van der Waals surface area contributed by atoms with Gasteiger partial charge >= 0.3 is 95.4 Å². The molecule has 2 heteroatoms. The third-order valence-corrected chi connectivity index (χ3v) is 9.78. The van der Waals surface area contributed by atoms with E-state index in [1.807, 2.05) is 12.1 Å². The molecule has 2 rings (SSSR count). The van der Waals surface area contributed by atoms with E-state index in [2.05, 4.69) is 48.5 Å². The molecule has 0 aliphatic carbocycles. The molecule has 68 valence electrons. The van der Waals surface area contributed by atoms with Crippen LogP contribution in [0.2, 0.25) is 0 Å². The molecule has 2 aromatic carbocycles. The van der Waals surface area contributed by atoms with Gasteiger partial charge in [-0.1, -0.05) is 0 Å². The van der Waals surface area contributed by atoms with Crippen molar-refractivity contribution in [2.45, 2.75) is 0 Å². The third-order valence-electron chi connectivity index (χ3n) is 2.05. The molecule has 0 radical (unpaired) electrons. The summed E-state index contributed by atoms with van der Waals surface area (Å²) in [5.41, 5.74) is 0. The van der Waals surface area contributed by atoms with Crippen LogP contribution in [0.1, 0.15) is 0 Å². The van der Waals surface area contributed by atoms with Gasteiger partial charge in [-0.05, 0) is 0 Å². The number of rotatable bonds is 2. The van der Waals surface area contributed by atoms with Crippen LogP contribution in [0.15, 0.2) is 60.7 Å². The number of halogens is 1. The van der Waals surface area contributed by atoms with Gasteiger partial charge in [0, 0.05) is 0 Å². The van der Waals surface area contributed by atoms with Crippen LogP contribution in [0.25, 0.3) is 0 Å². The summed E-state index contributed by atoms with van der Waals surface area (Å²) in [5, 5.41) is 0. The SMILES string of the molecule is [Cl][Sn+]([c]1ccccc1)[c]1ccccc1. The summed E-state index contributed by atoms with van der Waals surface area (Å²) in [6, 6.07) is 20.8. The van der Waals surface area contributed by atoms with Crippen molar-refractivity contribution in [3.05, 3.63) is 60.7 Å². The Morgan fingerprint density at radius 1 is 0.643 bits per heavy atom. The Hall–Kier alpha value is -0.471. The van der Waals surface area contributed by atoms with E-state index in [-0.39, 0.29) is 0 Å². The fraction of sp³-hybridized carbons (Fsp3) is 0. The molecule has 0 unspecified atom stereocenters. The fourth-order valence-corrected chi connectivity index (χ4v) is 6.75. The third kappa shape index (κ3) is 2.31. The molecule has 0 spiro atoms. The Balaban J connectivity index is 2.30. The Bertz CT molecular complexity index is 346. The summed E-state index contributed by atoms with van der Waals surface area (Å²) in [5.74, 6) is 0. The molecule has 0 aliphatic rings. The Labute approximate surface area is 95.0 Å². The molecule has 0 atom stereocenters. The Morgan fingerprint density at radius 2 is 1.00 bits per heavy atom. The van der Waals surface area contributed by atoms with Crippen LogP contribution < -0.4 is 7.16 Å². The van der Waals surface area contributed by atoms with Crippen LogP contribution in [-0.2, 0) is 0 Å². The van der Waals surface area contributed by atoms with Gasteiger partial charge in [-0.25, -0.2) is 0 Å². The van der Waals surface area contributed by atoms with Gasteiger partial charge in [0.15, 0.2) is 0 Å². The predicted octanol–water partition coefficient (Wildman–Crippen LogP) is 2.03. The minimum absolute atomic E-state index is 1.34. The van der Waals surface area contributed by atoms with Gasteiger partial charge in [-0.15, -0.1) is 0 Å². The van der Waals surface area contributed by atoms with Crippen molar-refractivity contribution in [1.29, 1.82) is 0 Å². The number of hydrogen-bond donors (Lipinski definition) is 0. The van der Waals surface area contributed by atoms with Crippen molar-refractivity contribution in [1.82, 2.24) is 0 Å². The van der Waals surface area contributed by atoms with Gasteiger partial charge in [0.25, 0.3) is 0 Å². The standard InChI is InChI=1S/2C6H5.ClH.Sn/c2*1-2-4-6-5-3-1;;/h2*1-5H;1H;/q;;;+2/p-1. The first kappa shape index (κ1) is 10.1. The molecular weight excluding hydrogens is 298 g/mol. The van der Waals surface area contributed by atoms with Crippen molar-refractivity contribution in [3.8, 4) is 0 Å². The molecular formula is C12H10ClSn+. The van der Waals surface area contributed by atoms with Gasteiger partial charge in [0.2, 0.25) is 0 Å². The summed E-state index contributed by atoms with van der Waals surface area (Å²) < 4.78 is 2.67. The van der Waals surface area contributed by atoms with Gasteiger partial charge in [-0.3, -0.25) is 0 Å². The first-order chi connectivity index (χ1) is 6.88. The molecule has 0 bridgehead atoms. The second kappa shape index (κ2) is 4.85. The number of benzene rings is 2. The molecule has 0 amide bonds. The van der Waals surface area contributed by atoms with E-state index in [1.54, 1.807) is 0 Å². The molecule has 0 heterocycles. The predicted molar refractivity (Wildman–Crippen MR) is 63.8 cm³/mol. The van der Waals surface area contributed by atoms with Crippen molar-refractivity contribution in [3.63, 3.8) is 0 Å². The van der Waals surface area contributed by atoms with Gasteiger partial charge in [0.1, 0.15) is 0 Å². The maximum atomic E-state index is 6.53. The van der Waals surface area contributed by atoms with E-state index in [0.29, 0.717) is 0 Å². The van der Waals surface area contributed by atoms with Crippen LogP contribution in [0.3, 0.4) is 0 Å². The van der Waals surface area contributed by atoms with Crippen molar-refractivity contribution in [2.75, 3.05) is 0 Å². The first-order valence-corrected chi connectivity index (χ1v) is 11.0. The Kier molecular flexibility index (Phi) is 3.49. The zero-order valence-electron chi connectivity index (χ0n) is 7.65. The monoisotopic (exact) mass is 309 g/mol. The summed E-state index contributed by atoms with van der Waals surface area (Å²) in [7, 11) is 6.53. The average molecular weight is 308 g/mol. The van der Waals surface area contributed by atoms with Gasteiger partial charge < -0.3 is 0 Å². The molecule has 0 aliphatic heterocycles. The van der Waals surface area contributed by atoms with Crippen molar-refractivity contribution < 1.29 is 0 Å². The van der Waals surface area contributed by atoms with E-state index < -0.39 is 18.6 Å². The van der Waals surface area contributed by atoms with Crippen LogP contribution in [0, 0.1) is 0 Å². The van der Waals surface area contributed by atoms with E-state index in [4.69, 9.17) is 8.92 Å². The molecule has 0 fully saturated rings. The second-order valence-electron chi connectivity index (χ2n) is 3.05. The van der Waals surface area contributed by atoms with E-state index >= 15 is 0 Å². The molecule has 2 aromatic rings. The van der Waals surface area contributed by atoms with Crippen LogP contribution in [0.4, 0.5) is 0 Å². The normalized spacial score (nSPS) is 9.79. The fourth-order valence-electron chi connectivity index (χ4n) is 1.34. The van der Waals surface area contributed by atoms with Gasteiger partial charge in [0.05, 0.1) is 0 Å². The maximum absolute atomic E-state index is 6.53. The zero-order chi connectivity index (χ0) is 9.80. The summed E-state index contributed by atoms with van der Waals surface area (Å²) in [6.07, 6.45) is 0. The second-order valence-corrected chi connectivity index (χ2v) is 10.7. The summed E-state index contributed by atoms with van der Waals surface area (Å²) in [6.45, 7) is 0. The van der Waals surface area contributed by atoms with Crippen molar-refractivity contribution in [2.24, 2.45) is 0 Å². The first-order valence-electron chi connectivity index (χ1n) is 4.51. The summed E-state index contributed by atoms with van der Waals surface area (Å²) in [4.78, 5) is 0. The average Bonchev–Trinajstić information content (AvgIpc) is 2.30. The van der Waals surface area contributed by atoms with Crippen molar-refractivity contribution >= 4 is 34.7 Å². The minimum atomic E-state index is -2.03. The van der Waals surface area contributed by atoms with E-state index in [9.17, 15) is 0 Å². The quantitative estimate of drug-likeness (QED) is 0.745. The topological polar surface area (TPSA) is 0 Å². The van der Waals surface area contributed by atoms with Crippen LogP contribution in [-0.4, -0.2) is 18.6 Å². The molecule has 0 nitrogen and oxygen atoms in total. The van der Waals surface area contributed by atoms with E-state index in [1.165, 1.54) is 7.16 Å². The molecule has 0 aromatic heterocycles. The zero-order valence-corrected chi connectivity index (χ0v) is 11.3. The Morgan fingerprint density at radius 3 is 1.36 bits per heavy atom. The molecule has 0 saturated carbocycles. The summed E-state index contributed by atoms with van der Waals surface area (Å²) >= 11 is -2.03. The van der Waals surface area contributed by atoms with Crippen LogP contribution in [0.5, 0.6) is 0 Å². The van der Waals surface area contributed by atoms with Crippen LogP contribution >= 0.6 is 8.92 Å². The molecule has 0 N–H and O–H groups in total. The van der Waals surface area contributed by atoms with Gasteiger partial charge in [-0.2, -0.15) is 0 Å². The van der Waals surface area contributed by atoms with E-state index in [0.717, 1.165) is 0 Å². The molecule has 14 heavy (non-hydrogen) atoms. The number of hydrogen-bond acceptors (Lipinski definition) is 0. The molecule has 0 saturated heterocycles.